The van der Waals surface area contributed by atoms with E-state index in [2.05, 4.69) is 11.9 Å². The van der Waals surface area contributed by atoms with Gasteiger partial charge in [0.1, 0.15) is 11.6 Å². The number of hydrogen-bond acceptors (Lipinski definition) is 3. The highest BCUT2D eigenvalue weighted by molar-refractivity contribution is 7.85. The molecule has 0 aliphatic carbocycles. The number of amides is 1. The van der Waals surface area contributed by atoms with Gasteiger partial charge in [-0.05, 0) is 83.3 Å². The Balaban J connectivity index is 1.54. The second kappa shape index (κ2) is 10.5. The number of phenolic OH excluding ortho intramolecular Hbond substituents is 1. The number of carbonyl (C=O) groups excluding carboxylic acids is 1. The monoisotopic (exact) mass is 485 g/mol. The van der Waals surface area contributed by atoms with Crippen LogP contribution in [-0.4, -0.2) is 15.2 Å². The number of aryl methyl sites for hydroxylation is 1. The molecule has 0 saturated heterocycles. The highest BCUT2D eigenvalue weighted by atomic mass is 32.2. The van der Waals surface area contributed by atoms with Crippen LogP contribution in [0.4, 0.5) is 4.39 Å². The Hall–Kier alpha value is -4.03. The van der Waals surface area contributed by atoms with E-state index in [1.54, 1.807) is 60.7 Å². The van der Waals surface area contributed by atoms with Crippen LogP contribution < -0.4 is 5.32 Å². The van der Waals surface area contributed by atoms with Gasteiger partial charge in [0.05, 0.1) is 15.7 Å². The highest BCUT2D eigenvalue weighted by Gasteiger charge is 2.18. The van der Waals surface area contributed by atoms with Crippen LogP contribution in [0.25, 0.3) is 5.57 Å². The zero-order chi connectivity index (χ0) is 24.9. The molecule has 0 spiro atoms. The fraction of sp³-hybridized carbons (Fsp3) is 0.0690. The number of hydrogen-bond donors (Lipinski definition) is 2. The maximum Gasteiger partial charge on any atom is 0.251 e. The Labute approximate surface area is 206 Å². The van der Waals surface area contributed by atoms with Crippen LogP contribution in [-0.2, 0) is 17.3 Å². The van der Waals surface area contributed by atoms with Gasteiger partial charge in [-0.2, -0.15) is 0 Å². The Morgan fingerprint density at radius 1 is 0.914 bits per heavy atom. The fourth-order valence-corrected chi connectivity index (χ4v) is 5.07. The van der Waals surface area contributed by atoms with Crippen molar-refractivity contribution in [1.29, 1.82) is 0 Å². The van der Waals surface area contributed by atoms with Crippen LogP contribution in [0.3, 0.4) is 0 Å². The van der Waals surface area contributed by atoms with Crippen molar-refractivity contribution in [3.8, 4) is 5.75 Å². The lowest BCUT2D eigenvalue weighted by molar-refractivity contribution is 0.0950. The quantitative estimate of drug-likeness (QED) is 0.338. The van der Waals surface area contributed by atoms with Crippen molar-refractivity contribution in [2.75, 3.05) is 0 Å². The Kier molecular flexibility index (Phi) is 7.22. The first-order chi connectivity index (χ1) is 16.8. The first-order valence-electron chi connectivity index (χ1n) is 11.0. The molecule has 0 saturated carbocycles. The lowest BCUT2D eigenvalue weighted by Crippen LogP contribution is -2.23. The summed E-state index contributed by atoms with van der Waals surface area (Å²) in [4.78, 5) is 13.8. The van der Waals surface area contributed by atoms with Crippen molar-refractivity contribution in [3.63, 3.8) is 0 Å². The Morgan fingerprint density at radius 3 is 2.26 bits per heavy atom. The van der Waals surface area contributed by atoms with E-state index in [1.807, 2.05) is 25.1 Å². The number of carbonyl (C=O) groups is 1. The summed E-state index contributed by atoms with van der Waals surface area (Å²) in [5.74, 6) is -0.431. The smallest absolute Gasteiger partial charge is 0.251 e. The van der Waals surface area contributed by atoms with Crippen molar-refractivity contribution < 1.29 is 18.5 Å². The minimum absolute atomic E-state index is 0.163. The average Bonchev–Trinajstić information content (AvgIpc) is 2.87. The van der Waals surface area contributed by atoms with Crippen LogP contribution in [0.5, 0.6) is 5.75 Å². The third kappa shape index (κ3) is 5.55. The highest BCUT2D eigenvalue weighted by Crippen LogP contribution is 2.31. The van der Waals surface area contributed by atoms with Gasteiger partial charge in [-0.15, -0.1) is 0 Å². The Bertz CT molecular complexity index is 1410. The molecule has 0 radical (unpaired) electrons. The molecule has 1 unspecified atom stereocenters. The number of rotatable bonds is 7. The van der Waals surface area contributed by atoms with Crippen molar-refractivity contribution in [1.82, 2.24) is 5.32 Å². The van der Waals surface area contributed by atoms with E-state index >= 15 is 0 Å². The second-order valence-electron chi connectivity index (χ2n) is 8.08. The fourth-order valence-electron chi connectivity index (χ4n) is 3.70. The molecule has 0 bridgehead atoms. The molecular weight excluding hydrogens is 461 g/mol. The number of nitrogens with one attached hydrogen (secondary N) is 1. The van der Waals surface area contributed by atoms with Gasteiger partial charge in [-0.1, -0.05) is 49.0 Å². The number of halogens is 1. The minimum atomic E-state index is -1.50. The number of phenols is 1. The average molecular weight is 486 g/mol. The van der Waals surface area contributed by atoms with Gasteiger partial charge in [0.2, 0.25) is 0 Å². The minimum Gasteiger partial charge on any atom is -0.508 e. The summed E-state index contributed by atoms with van der Waals surface area (Å²) < 4.78 is 26.7. The van der Waals surface area contributed by atoms with Gasteiger partial charge < -0.3 is 10.4 Å². The summed E-state index contributed by atoms with van der Waals surface area (Å²) in [7, 11) is -1.50. The summed E-state index contributed by atoms with van der Waals surface area (Å²) in [5.41, 5.74) is 4.23. The molecule has 2 N–H and O–H groups in total. The second-order valence-corrected chi connectivity index (χ2v) is 9.50. The zero-order valence-corrected chi connectivity index (χ0v) is 19.9. The maximum absolute atomic E-state index is 13.6. The molecule has 4 aromatic carbocycles. The molecule has 4 aromatic rings. The van der Waals surface area contributed by atoms with Crippen molar-refractivity contribution in [2.45, 2.75) is 23.3 Å². The van der Waals surface area contributed by atoms with Gasteiger partial charge in [0.25, 0.3) is 5.91 Å². The summed E-state index contributed by atoms with van der Waals surface area (Å²) in [5, 5.41) is 12.4. The first-order valence-corrected chi connectivity index (χ1v) is 12.1. The predicted octanol–water partition coefficient (Wildman–Crippen LogP) is 6.00. The standard InChI is InChI=1S/C29H24FNO3S/c1-19-17-23(29(33)31-18-21-7-12-24(30)13-8-21)11-16-27(19)35(34)28-6-4-3-5-26(28)20(2)22-9-14-25(32)15-10-22/h3-17,32H,2,18H2,1H3,(H,31,33). The molecule has 35 heavy (non-hydrogen) atoms. The largest absolute Gasteiger partial charge is 0.508 e. The molecule has 0 aliphatic rings. The lowest BCUT2D eigenvalue weighted by Gasteiger charge is -2.14. The lowest BCUT2D eigenvalue weighted by atomic mass is 9.99. The van der Waals surface area contributed by atoms with E-state index in [-0.39, 0.29) is 24.0 Å². The van der Waals surface area contributed by atoms with Crippen LogP contribution in [0, 0.1) is 12.7 Å². The topological polar surface area (TPSA) is 66.4 Å². The van der Waals surface area contributed by atoms with Crippen LogP contribution >= 0.6 is 0 Å². The molecule has 0 fully saturated rings. The van der Waals surface area contributed by atoms with Crippen molar-refractivity contribution in [2.24, 2.45) is 0 Å². The van der Waals surface area contributed by atoms with E-state index in [9.17, 15) is 18.5 Å². The SMILES string of the molecule is C=C(c1ccc(O)cc1)c1ccccc1S(=O)c1ccc(C(=O)NCc2ccc(F)cc2)cc1C. The maximum atomic E-state index is 13.6. The summed E-state index contributed by atoms with van der Waals surface area (Å²) in [6.07, 6.45) is 0. The van der Waals surface area contributed by atoms with E-state index < -0.39 is 10.8 Å². The van der Waals surface area contributed by atoms with E-state index in [4.69, 9.17) is 0 Å². The predicted molar refractivity (Wildman–Crippen MR) is 136 cm³/mol. The third-order valence-electron chi connectivity index (χ3n) is 5.63. The molecule has 1 amide bonds. The normalized spacial score (nSPS) is 11.6. The van der Waals surface area contributed by atoms with Gasteiger partial charge in [0, 0.05) is 17.0 Å². The molecule has 176 valence electrons. The molecule has 6 heteroatoms. The van der Waals surface area contributed by atoms with Gasteiger partial charge >= 0.3 is 0 Å². The van der Waals surface area contributed by atoms with Crippen molar-refractivity contribution in [3.05, 3.63) is 131 Å². The summed E-state index contributed by atoms with van der Waals surface area (Å²) >= 11 is 0. The third-order valence-corrected chi connectivity index (χ3v) is 7.24. The van der Waals surface area contributed by atoms with Crippen LogP contribution in [0.1, 0.15) is 32.6 Å². The Morgan fingerprint density at radius 2 is 1.57 bits per heavy atom. The zero-order valence-electron chi connectivity index (χ0n) is 19.1. The summed E-state index contributed by atoms with van der Waals surface area (Å²) in [6, 6.07) is 25.1. The molecule has 1 atom stereocenters. The van der Waals surface area contributed by atoms with Gasteiger partial charge in [-0.25, -0.2) is 8.60 Å². The number of benzene rings is 4. The number of aromatic hydroxyl groups is 1. The van der Waals surface area contributed by atoms with E-state index in [0.29, 0.717) is 20.9 Å². The van der Waals surface area contributed by atoms with Gasteiger partial charge in [0.15, 0.2) is 0 Å². The van der Waals surface area contributed by atoms with E-state index in [0.717, 1.165) is 22.3 Å². The molecule has 4 nitrogen and oxygen atoms in total. The summed E-state index contributed by atoms with van der Waals surface area (Å²) in [6.45, 7) is 6.28. The molecular formula is C29H24FNO3S. The first kappa shape index (κ1) is 24.1. The van der Waals surface area contributed by atoms with Crippen LogP contribution in [0.15, 0.2) is 107 Å². The molecule has 4 rings (SSSR count). The van der Waals surface area contributed by atoms with Gasteiger partial charge in [-0.3, -0.25) is 4.79 Å². The van der Waals surface area contributed by atoms with E-state index in [1.165, 1.54) is 12.1 Å². The molecule has 0 heterocycles. The molecule has 0 aliphatic heterocycles. The van der Waals surface area contributed by atoms with Crippen molar-refractivity contribution >= 4 is 22.3 Å². The van der Waals surface area contributed by atoms with Crippen LogP contribution in [0.2, 0.25) is 0 Å². The molecule has 0 aromatic heterocycles.